The summed E-state index contributed by atoms with van der Waals surface area (Å²) < 4.78 is 4.88. The van der Waals surface area contributed by atoms with E-state index in [0.29, 0.717) is 11.8 Å². The van der Waals surface area contributed by atoms with Gasteiger partial charge in [-0.05, 0) is 44.0 Å². The molecular weight excluding hydrogens is 266 g/mol. The lowest BCUT2D eigenvalue weighted by molar-refractivity contribution is -0.139. The predicted molar refractivity (Wildman–Crippen MR) is 85.8 cm³/mol. The third-order valence-electron chi connectivity index (χ3n) is 2.63. The zero-order chi connectivity index (χ0) is 16.4. The number of allylic oxidation sites excluding steroid dienone is 2. The van der Waals surface area contributed by atoms with Crippen LogP contribution in [0.5, 0.6) is 0 Å². The second-order valence-corrected chi connectivity index (χ2v) is 5.94. The van der Waals surface area contributed by atoms with Crippen LogP contribution in [0, 0.1) is 11.8 Å². The molecule has 0 aliphatic heterocycles. The van der Waals surface area contributed by atoms with Crippen molar-refractivity contribution < 1.29 is 14.3 Å². The summed E-state index contributed by atoms with van der Waals surface area (Å²) in [7, 11) is 0. The lowest BCUT2D eigenvalue weighted by atomic mass is 10.1. The number of esters is 1. The van der Waals surface area contributed by atoms with Gasteiger partial charge in [-0.2, -0.15) is 0 Å². The molecule has 0 aliphatic rings. The van der Waals surface area contributed by atoms with Crippen LogP contribution in [0.2, 0.25) is 0 Å². The monoisotopic (exact) mass is 295 g/mol. The van der Waals surface area contributed by atoms with Crippen LogP contribution >= 0.6 is 0 Å². The molecule has 0 aromatic heterocycles. The van der Waals surface area contributed by atoms with Crippen LogP contribution in [0.3, 0.4) is 0 Å². The molecule has 0 aromatic rings. The summed E-state index contributed by atoms with van der Waals surface area (Å²) in [6.07, 6.45) is 5.22. The van der Waals surface area contributed by atoms with Gasteiger partial charge in [0.15, 0.2) is 5.78 Å². The molecule has 0 rings (SSSR count). The number of hydrogen-bond acceptors (Lipinski definition) is 4. The molecule has 0 aromatic carbocycles. The molecule has 0 bridgehead atoms. The van der Waals surface area contributed by atoms with Gasteiger partial charge < -0.3 is 9.64 Å². The van der Waals surface area contributed by atoms with Crippen LogP contribution in [0.4, 0.5) is 0 Å². The Balaban J connectivity index is 4.94. The van der Waals surface area contributed by atoms with Gasteiger partial charge in [0.1, 0.15) is 5.57 Å². The Morgan fingerprint density at radius 1 is 1.10 bits per heavy atom. The summed E-state index contributed by atoms with van der Waals surface area (Å²) in [5, 5.41) is 0. The van der Waals surface area contributed by atoms with E-state index in [1.54, 1.807) is 13.0 Å². The van der Waals surface area contributed by atoms with Gasteiger partial charge in [-0.1, -0.05) is 27.7 Å². The fourth-order valence-electron chi connectivity index (χ4n) is 1.93. The molecule has 0 aliphatic carbocycles. The SMILES string of the molecule is CCOC(=O)C(=CC=CN(CC(C)C)CC(C)C)C(C)=O. The van der Waals surface area contributed by atoms with Crippen LogP contribution in [0.1, 0.15) is 41.5 Å². The highest BCUT2D eigenvalue weighted by atomic mass is 16.5. The molecule has 0 atom stereocenters. The third kappa shape index (κ3) is 9.05. The average Bonchev–Trinajstić information content (AvgIpc) is 2.32. The topological polar surface area (TPSA) is 46.6 Å². The van der Waals surface area contributed by atoms with Crippen molar-refractivity contribution in [3.05, 3.63) is 23.9 Å². The number of ketones is 1. The average molecular weight is 295 g/mol. The highest BCUT2D eigenvalue weighted by molar-refractivity contribution is 6.16. The van der Waals surface area contributed by atoms with Crippen molar-refractivity contribution in [2.24, 2.45) is 11.8 Å². The number of Topliss-reactive ketones (excluding diaryl/α,β-unsaturated/α-hetero) is 1. The minimum Gasteiger partial charge on any atom is -0.462 e. The third-order valence-corrected chi connectivity index (χ3v) is 2.63. The minimum atomic E-state index is -0.561. The van der Waals surface area contributed by atoms with E-state index in [1.807, 2.05) is 6.20 Å². The van der Waals surface area contributed by atoms with Crippen LogP contribution in [-0.2, 0) is 14.3 Å². The van der Waals surface area contributed by atoms with Gasteiger partial charge in [-0.25, -0.2) is 4.79 Å². The van der Waals surface area contributed by atoms with Crippen molar-refractivity contribution in [2.45, 2.75) is 41.5 Å². The second kappa shape index (κ2) is 10.2. The Morgan fingerprint density at radius 2 is 1.62 bits per heavy atom. The van der Waals surface area contributed by atoms with Crippen molar-refractivity contribution in [2.75, 3.05) is 19.7 Å². The van der Waals surface area contributed by atoms with Gasteiger partial charge in [0.2, 0.25) is 0 Å². The van der Waals surface area contributed by atoms with Crippen molar-refractivity contribution >= 4 is 11.8 Å². The van der Waals surface area contributed by atoms with Crippen molar-refractivity contribution in [1.29, 1.82) is 0 Å². The number of nitrogens with zero attached hydrogens (tertiary/aromatic N) is 1. The smallest absolute Gasteiger partial charge is 0.341 e. The van der Waals surface area contributed by atoms with E-state index >= 15 is 0 Å². The van der Waals surface area contributed by atoms with Gasteiger partial charge in [-0.15, -0.1) is 0 Å². The molecule has 0 saturated heterocycles. The minimum absolute atomic E-state index is 0.0853. The molecule has 0 amide bonds. The molecule has 21 heavy (non-hydrogen) atoms. The van der Waals surface area contributed by atoms with E-state index in [2.05, 4.69) is 32.6 Å². The van der Waals surface area contributed by atoms with E-state index in [9.17, 15) is 9.59 Å². The summed E-state index contributed by atoms with van der Waals surface area (Å²) in [5.41, 5.74) is 0.0853. The molecule has 0 spiro atoms. The first-order chi connectivity index (χ1) is 9.77. The van der Waals surface area contributed by atoms with Gasteiger partial charge in [0, 0.05) is 13.1 Å². The van der Waals surface area contributed by atoms with E-state index in [-0.39, 0.29) is 18.0 Å². The first-order valence-corrected chi connectivity index (χ1v) is 7.58. The molecular formula is C17H29NO3. The molecule has 4 heteroatoms. The van der Waals surface area contributed by atoms with Gasteiger partial charge >= 0.3 is 5.97 Å². The zero-order valence-electron chi connectivity index (χ0n) is 14.2. The lowest BCUT2D eigenvalue weighted by Crippen LogP contribution is -2.26. The van der Waals surface area contributed by atoms with E-state index in [0.717, 1.165) is 13.1 Å². The van der Waals surface area contributed by atoms with E-state index in [1.165, 1.54) is 13.0 Å². The van der Waals surface area contributed by atoms with Gasteiger partial charge in [-0.3, -0.25) is 4.79 Å². The van der Waals surface area contributed by atoms with Crippen molar-refractivity contribution in [1.82, 2.24) is 4.90 Å². The number of hydrogen-bond donors (Lipinski definition) is 0. The summed E-state index contributed by atoms with van der Waals surface area (Å²) in [4.78, 5) is 25.3. The molecule has 0 unspecified atom stereocenters. The molecule has 0 saturated carbocycles. The van der Waals surface area contributed by atoms with Crippen LogP contribution in [0.25, 0.3) is 0 Å². The standard InChI is InChI=1S/C17H29NO3/c1-7-21-17(20)16(15(6)19)9-8-10-18(11-13(2)3)12-14(4)5/h8-10,13-14H,7,11-12H2,1-6H3. The van der Waals surface area contributed by atoms with Gasteiger partial charge in [0.05, 0.1) is 6.61 Å². The number of ether oxygens (including phenoxy) is 1. The normalized spacial score (nSPS) is 12.3. The maximum atomic E-state index is 11.7. The molecule has 0 fully saturated rings. The Hall–Kier alpha value is -1.58. The quantitative estimate of drug-likeness (QED) is 0.215. The Bertz CT molecular complexity index is 385. The van der Waals surface area contributed by atoms with Crippen LogP contribution in [-0.4, -0.2) is 36.3 Å². The van der Waals surface area contributed by atoms with Crippen molar-refractivity contribution in [3.8, 4) is 0 Å². The Kier molecular flexibility index (Phi) is 9.42. The van der Waals surface area contributed by atoms with Crippen LogP contribution < -0.4 is 0 Å². The zero-order valence-corrected chi connectivity index (χ0v) is 14.2. The first kappa shape index (κ1) is 19.4. The van der Waals surface area contributed by atoms with Crippen molar-refractivity contribution in [3.63, 3.8) is 0 Å². The molecule has 0 N–H and O–H groups in total. The molecule has 4 nitrogen and oxygen atoms in total. The summed E-state index contributed by atoms with van der Waals surface area (Å²) in [6, 6.07) is 0. The summed E-state index contributed by atoms with van der Waals surface area (Å²) >= 11 is 0. The fourth-order valence-corrected chi connectivity index (χ4v) is 1.93. The number of rotatable bonds is 9. The highest BCUT2D eigenvalue weighted by Crippen LogP contribution is 2.06. The second-order valence-electron chi connectivity index (χ2n) is 5.94. The Labute approximate surface area is 128 Å². The molecule has 0 heterocycles. The number of carbonyl (C=O) groups excluding carboxylic acids is 2. The van der Waals surface area contributed by atoms with E-state index in [4.69, 9.17) is 4.74 Å². The Morgan fingerprint density at radius 3 is 2.00 bits per heavy atom. The largest absolute Gasteiger partial charge is 0.462 e. The fraction of sp³-hybridized carbons (Fsp3) is 0.647. The predicted octanol–water partition coefficient (Wildman–Crippen LogP) is 3.19. The lowest BCUT2D eigenvalue weighted by Gasteiger charge is -2.24. The maximum absolute atomic E-state index is 11.7. The molecule has 0 radical (unpaired) electrons. The first-order valence-electron chi connectivity index (χ1n) is 7.58. The summed E-state index contributed by atoms with van der Waals surface area (Å²) in [6.45, 7) is 13.9. The van der Waals surface area contributed by atoms with Gasteiger partial charge in [0.25, 0.3) is 0 Å². The molecule has 120 valence electrons. The van der Waals surface area contributed by atoms with Crippen LogP contribution in [0.15, 0.2) is 23.9 Å². The maximum Gasteiger partial charge on any atom is 0.341 e. The number of carbonyl (C=O) groups is 2. The van der Waals surface area contributed by atoms with E-state index < -0.39 is 5.97 Å². The highest BCUT2D eigenvalue weighted by Gasteiger charge is 2.14. The summed E-state index contributed by atoms with van der Waals surface area (Å²) in [5.74, 6) is 0.260.